The molecule has 0 aliphatic heterocycles. The van der Waals surface area contributed by atoms with Crippen LogP contribution in [0.15, 0.2) is 41.3 Å². The lowest BCUT2D eigenvalue weighted by molar-refractivity contribution is 0.370. The Morgan fingerprint density at radius 2 is 1.72 bits per heavy atom. The van der Waals surface area contributed by atoms with Gasteiger partial charge in [-0.3, -0.25) is 0 Å². The zero-order valence-electron chi connectivity index (χ0n) is 14.4. The molecular weight excluding hydrogens is 358 g/mol. The van der Waals surface area contributed by atoms with Gasteiger partial charge in [-0.15, -0.1) is 0 Å². The molecule has 0 bridgehead atoms. The predicted molar refractivity (Wildman–Crippen MR) is 101 cm³/mol. The van der Waals surface area contributed by atoms with E-state index in [-0.39, 0.29) is 13.2 Å². The van der Waals surface area contributed by atoms with E-state index >= 15 is 0 Å². The van der Waals surface area contributed by atoms with Gasteiger partial charge < -0.3 is 4.74 Å². The van der Waals surface area contributed by atoms with E-state index in [1.54, 1.807) is 26.0 Å². The second-order valence-electron chi connectivity index (χ2n) is 5.63. The van der Waals surface area contributed by atoms with Gasteiger partial charge in [0.1, 0.15) is 12.4 Å². The van der Waals surface area contributed by atoms with Crippen LogP contribution in [0.5, 0.6) is 5.75 Å². The zero-order chi connectivity index (χ0) is 18.4. The van der Waals surface area contributed by atoms with Crippen LogP contribution in [0.3, 0.4) is 0 Å². The molecule has 0 aliphatic rings. The molecule has 0 aliphatic carbocycles. The van der Waals surface area contributed by atoms with Gasteiger partial charge in [-0.1, -0.05) is 53.3 Å². The second kappa shape index (κ2) is 8.39. The van der Waals surface area contributed by atoms with Gasteiger partial charge in [0.25, 0.3) is 0 Å². The van der Waals surface area contributed by atoms with E-state index in [1.807, 2.05) is 31.2 Å². The molecule has 0 atom stereocenters. The Hall–Kier alpha value is -2.00. The van der Waals surface area contributed by atoms with Crippen molar-refractivity contribution in [2.24, 2.45) is 0 Å². The molecule has 0 heterocycles. The van der Waals surface area contributed by atoms with E-state index in [0.29, 0.717) is 15.7 Å². The molecule has 6 heteroatoms. The summed E-state index contributed by atoms with van der Waals surface area (Å²) in [5, 5.41) is 0.510. The molecule has 0 radical (unpaired) electrons. The SMILES string of the molecule is Cc1cc(C)c(S(=O)(=O)NCC#CCOc2ccccc2Cl)c(C)c1. The normalized spacial score (nSPS) is 10.9. The van der Waals surface area contributed by atoms with E-state index in [1.165, 1.54) is 0 Å². The monoisotopic (exact) mass is 377 g/mol. The Kier molecular flexibility index (Phi) is 6.49. The Bertz CT molecular complexity index is 904. The fraction of sp³-hybridized carbons (Fsp3) is 0.263. The van der Waals surface area contributed by atoms with E-state index in [4.69, 9.17) is 16.3 Å². The molecule has 1 N–H and O–H groups in total. The Labute approximate surface area is 154 Å². The van der Waals surface area contributed by atoms with Crippen molar-refractivity contribution in [3.05, 3.63) is 58.1 Å². The molecule has 2 aromatic rings. The molecule has 25 heavy (non-hydrogen) atoms. The third-order valence-electron chi connectivity index (χ3n) is 3.49. The lowest BCUT2D eigenvalue weighted by Crippen LogP contribution is -2.25. The average Bonchev–Trinajstić information content (AvgIpc) is 2.51. The number of halogens is 1. The van der Waals surface area contributed by atoms with Crippen LogP contribution in [0.4, 0.5) is 0 Å². The summed E-state index contributed by atoms with van der Waals surface area (Å²) in [4.78, 5) is 0.312. The van der Waals surface area contributed by atoms with Crippen molar-refractivity contribution in [2.45, 2.75) is 25.7 Å². The summed E-state index contributed by atoms with van der Waals surface area (Å²) in [5.41, 5.74) is 2.48. The number of para-hydroxylation sites is 1. The number of benzene rings is 2. The van der Waals surface area contributed by atoms with E-state index in [0.717, 1.165) is 16.7 Å². The summed E-state index contributed by atoms with van der Waals surface area (Å²) in [6.45, 7) is 5.67. The molecule has 0 unspecified atom stereocenters. The van der Waals surface area contributed by atoms with Gasteiger partial charge in [0.15, 0.2) is 0 Å². The van der Waals surface area contributed by atoms with E-state index < -0.39 is 10.0 Å². The van der Waals surface area contributed by atoms with Crippen LogP contribution in [0, 0.1) is 32.6 Å². The van der Waals surface area contributed by atoms with Gasteiger partial charge in [0.2, 0.25) is 10.0 Å². The summed E-state index contributed by atoms with van der Waals surface area (Å²) < 4.78 is 32.8. The molecule has 0 saturated heterocycles. The number of rotatable bonds is 5. The minimum atomic E-state index is -3.60. The quantitative estimate of drug-likeness (QED) is 0.809. The molecule has 0 aromatic heterocycles. The highest BCUT2D eigenvalue weighted by Crippen LogP contribution is 2.23. The Balaban J connectivity index is 1.95. The van der Waals surface area contributed by atoms with Gasteiger partial charge in [-0.05, 0) is 44.0 Å². The lowest BCUT2D eigenvalue weighted by Gasteiger charge is -2.11. The molecule has 2 rings (SSSR count). The fourth-order valence-electron chi connectivity index (χ4n) is 2.58. The zero-order valence-corrected chi connectivity index (χ0v) is 16.0. The first kappa shape index (κ1) is 19.3. The highest BCUT2D eigenvalue weighted by molar-refractivity contribution is 7.89. The highest BCUT2D eigenvalue weighted by Gasteiger charge is 2.18. The average molecular weight is 378 g/mol. The Morgan fingerprint density at radius 3 is 2.36 bits per heavy atom. The molecular formula is C19H20ClNO3S. The Morgan fingerprint density at radius 1 is 1.08 bits per heavy atom. The standard InChI is InChI=1S/C19H20ClNO3S/c1-14-12-15(2)19(16(3)13-14)25(22,23)21-10-6-7-11-24-18-9-5-4-8-17(18)20/h4-5,8-9,12-13,21H,10-11H2,1-3H3. The number of nitrogens with one attached hydrogen (secondary N) is 1. The maximum atomic E-state index is 12.5. The van der Waals surface area contributed by atoms with Crippen LogP contribution in [0.1, 0.15) is 16.7 Å². The smallest absolute Gasteiger partial charge is 0.241 e. The molecule has 2 aromatic carbocycles. The largest absolute Gasteiger partial charge is 0.479 e. The summed E-state index contributed by atoms with van der Waals surface area (Å²) >= 11 is 5.97. The third-order valence-corrected chi connectivity index (χ3v) is 5.50. The van der Waals surface area contributed by atoms with Crippen molar-refractivity contribution in [2.75, 3.05) is 13.2 Å². The van der Waals surface area contributed by atoms with E-state index in [9.17, 15) is 8.42 Å². The molecule has 132 valence electrons. The van der Waals surface area contributed by atoms with Gasteiger partial charge >= 0.3 is 0 Å². The first-order valence-corrected chi connectivity index (χ1v) is 9.58. The van der Waals surface area contributed by atoms with Crippen molar-refractivity contribution >= 4 is 21.6 Å². The maximum absolute atomic E-state index is 12.5. The summed E-state index contributed by atoms with van der Waals surface area (Å²) in [5.74, 6) is 6.05. The third kappa shape index (κ3) is 5.23. The summed E-state index contributed by atoms with van der Waals surface area (Å²) in [6.07, 6.45) is 0. The molecule has 0 fully saturated rings. The number of hydrogen-bond acceptors (Lipinski definition) is 3. The summed E-state index contributed by atoms with van der Waals surface area (Å²) in [7, 11) is -3.60. The number of hydrogen-bond donors (Lipinski definition) is 1. The maximum Gasteiger partial charge on any atom is 0.241 e. The topological polar surface area (TPSA) is 55.4 Å². The molecule has 0 saturated carbocycles. The van der Waals surface area contributed by atoms with Crippen LogP contribution in [-0.2, 0) is 10.0 Å². The van der Waals surface area contributed by atoms with Crippen LogP contribution in [0.25, 0.3) is 0 Å². The van der Waals surface area contributed by atoms with Crippen molar-refractivity contribution in [1.29, 1.82) is 0 Å². The van der Waals surface area contributed by atoms with Crippen LogP contribution < -0.4 is 9.46 Å². The molecule has 4 nitrogen and oxygen atoms in total. The van der Waals surface area contributed by atoms with Crippen LogP contribution >= 0.6 is 11.6 Å². The molecule has 0 amide bonds. The first-order valence-electron chi connectivity index (χ1n) is 7.72. The van der Waals surface area contributed by atoms with Gasteiger partial charge in [0, 0.05) is 0 Å². The number of aryl methyl sites for hydroxylation is 3. The van der Waals surface area contributed by atoms with Gasteiger partial charge in [-0.2, -0.15) is 4.72 Å². The van der Waals surface area contributed by atoms with Crippen LogP contribution in [0.2, 0.25) is 5.02 Å². The molecule has 0 spiro atoms. The highest BCUT2D eigenvalue weighted by atomic mass is 35.5. The van der Waals surface area contributed by atoms with Crippen molar-refractivity contribution < 1.29 is 13.2 Å². The van der Waals surface area contributed by atoms with Crippen molar-refractivity contribution in [1.82, 2.24) is 4.72 Å². The minimum Gasteiger partial charge on any atom is -0.479 e. The minimum absolute atomic E-state index is 0.0149. The predicted octanol–water partition coefficient (Wildman–Crippen LogP) is 3.63. The van der Waals surface area contributed by atoms with Gasteiger partial charge in [0.05, 0.1) is 16.5 Å². The van der Waals surface area contributed by atoms with Gasteiger partial charge in [-0.25, -0.2) is 8.42 Å². The number of ether oxygens (including phenoxy) is 1. The number of sulfonamides is 1. The fourth-order valence-corrected chi connectivity index (χ4v) is 4.15. The summed E-state index contributed by atoms with van der Waals surface area (Å²) in [6, 6.07) is 10.8. The second-order valence-corrected chi connectivity index (χ2v) is 7.74. The first-order chi connectivity index (χ1) is 11.8. The lowest BCUT2D eigenvalue weighted by atomic mass is 10.1. The van der Waals surface area contributed by atoms with Crippen molar-refractivity contribution in [3.63, 3.8) is 0 Å². The van der Waals surface area contributed by atoms with Crippen molar-refractivity contribution in [3.8, 4) is 17.6 Å². The van der Waals surface area contributed by atoms with Crippen LogP contribution in [-0.4, -0.2) is 21.6 Å². The van der Waals surface area contributed by atoms with E-state index in [2.05, 4.69) is 16.6 Å².